The first-order valence-electron chi connectivity index (χ1n) is 6.12. The van der Waals surface area contributed by atoms with Crippen LogP contribution in [0.3, 0.4) is 0 Å². The monoisotopic (exact) mass is 386 g/mol. The van der Waals surface area contributed by atoms with Gasteiger partial charge in [-0.1, -0.05) is 51.3 Å². The summed E-state index contributed by atoms with van der Waals surface area (Å²) in [4.78, 5) is 14.2. The maximum Gasteiger partial charge on any atom is 0.253 e. The lowest BCUT2D eigenvalue weighted by molar-refractivity contribution is 0.642. The second-order valence-electron chi connectivity index (χ2n) is 4.60. The van der Waals surface area contributed by atoms with Crippen LogP contribution in [0.1, 0.15) is 11.1 Å². The van der Waals surface area contributed by atoms with Crippen molar-refractivity contribution in [1.82, 2.24) is 14.9 Å². The highest BCUT2D eigenvalue weighted by molar-refractivity contribution is 9.10. The molecule has 0 N–H and O–H groups in total. The average Bonchev–Trinajstić information content (AvgIpc) is 2.42. The largest absolute Gasteiger partial charge is 0.369 e. The summed E-state index contributed by atoms with van der Waals surface area (Å²) in [5, 5.41) is 0.646. The lowest BCUT2D eigenvalue weighted by Gasteiger charge is -2.07. The molecule has 0 aliphatic heterocycles. The molecule has 0 unspecified atom stereocenters. The zero-order chi connectivity index (χ0) is 15.4. The number of aromatic nitrogens is 2. The van der Waals surface area contributed by atoms with Crippen molar-refractivity contribution in [2.75, 3.05) is 14.1 Å². The molecule has 0 atom stereocenters. The molecule has 4 nitrogen and oxygen atoms in total. The Morgan fingerprint density at radius 1 is 1.14 bits per heavy atom. The molecule has 2 rings (SSSR count). The average molecular weight is 388 g/mol. The molecule has 0 radical (unpaired) electrons. The summed E-state index contributed by atoms with van der Waals surface area (Å²) >= 11 is 15.8. The predicted molar refractivity (Wildman–Crippen MR) is 90.8 cm³/mol. The van der Waals surface area contributed by atoms with Crippen LogP contribution in [-0.4, -0.2) is 35.3 Å². The summed E-state index contributed by atoms with van der Waals surface area (Å²) in [6, 6.07) is 7.92. The molecule has 0 spiro atoms. The molecular formula is C14H13BrCl2N4. The molecule has 1 aromatic heterocycles. The summed E-state index contributed by atoms with van der Waals surface area (Å²) in [6.07, 6.45) is 2.17. The van der Waals surface area contributed by atoms with Crippen LogP contribution in [0.25, 0.3) is 0 Å². The van der Waals surface area contributed by atoms with Gasteiger partial charge in [0.05, 0.1) is 6.34 Å². The molecule has 0 amide bonds. The van der Waals surface area contributed by atoms with Crippen LogP contribution in [0.2, 0.25) is 10.3 Å². The van der Waals surface area contributed by atoms with Gasteiger partial charge < -0.3 is 4.90 Å². The van der Waals surface area contributed by atoms with Crippen LogP contribution in [0, 0.1) is 0 Å². The highest BCUT2D eigenvalue weighted by Gasteiger charge is 2.12. The van der Waals surface area contributed by atoms with Crippen molar-refractivity contribution in [1.29, 1.82) is 0 Å². The molecule has 7 heteroatoms. The Kier molecular flexibility index (Phi) is 5.56. The number of aliphatic imine (C=N–C) groups is 1. The molecule has 0 aliphatic carbocycles. The van der Waals surface area contributed by atoms with E-state index in [1.54, 1.807) is 11.2 Å². The number of rotatable bonds is 4. The van der Waals surface area contributed by atoms with Crippen molar-refractivity contribution >= 4 is 51.4 Å². The standard InChI is InChI=1S/C14H13BrCl2N4/c1-21(2)8-18-14-19-12(16)11(13(17)20-14)7-9-3-5-10(15)6-4-9/h3-6,8H,7H2,1-2H3/b18-8+. The van der Waals surface area contributed by atoms with Crippen molar-refractivity contribution in [2.24, 2.45) is 4.99 Å². The first-order chi connectivity index (χ1) is 9.95. The van der Waals surface area contributed by atoms with Gasteiger partial charge >= 0.3 is 0 Å². The van der Waals surface area contributed by atoms with Crippen LogP contribution in [0.4, 0.5) is 5.95 Å². The minimum absolute atomic E-state index is 0.248. The SMILES string of the molecule is CN(C)/C=N/c1nc(Cl)c(Cc2ccc(Br)cc2)c(Cl)n1. The third kappa shape index (κ3) is 4.66. The number of halogens is 3. The maximum absolute atomic E-state index is 6.20. The molecule has 0 fully saturated rings. The van der Waals surface area contributed by atoms with Crippen LogP contribution in [0.5, 0.6) is 0 Å². The Labute approximate surface area is 142 Å². The number of benzene rings is 1. The predicted octanol–water partition coefficient (Wildman–Crippen LogP) is 4.36. The summed E-state index contributed by atoms with van der Waals surface area (Å²) in [5.74, 6) is 0.248. The Bertz CT molecular complexity index is 634. The van der Waals surface area contributed by atoms with Crippen LogP contribution in [-0.2, 0) is 6.42 Å². The molecule has 1 heterocycles. The van der Waals surface area contributed by atoms with Crippen molar-refractivity contribution in [3.63, 3.8) is 0 Å². The van der Waals surface area contributed by atoms with E-state index in [0.29, 0.717) is 22.3 Å². The second-order valence-corrected chi connectivity index (χ2v) is 6.23. The molecule has 110 valence electrons. The Hall–Kier alpha value is -1.17. The topological polar surface area (TPSA) is 41.4 Å². The Morgan fingerprint density at radius 3 is 2.24 bits per heavy atom. The van der Waals surface area contributed by atoms with Gasteiger partial charge in [-0.15, -0.1) is 0 Å². The smallest absolute Gasteiger partial charge is 0.253 e. The molecule has 21 heavy (non-hydrogen) atoms. The lowest BCUT2D eigenvalue weighted by atomic mass is 10.1. The van der Waals surface area contributed by atoms with Crippen molar-refractivity contribution in [2.45, 2.75) is 6.42 Å². The maximum atomic E-state index is 6.20. The molecule has 1 aromatic carbocycles. The molecule has 0 bridgehead atoms. The quantitative estimate of drug-likeness (QED) is 0.444. The normalized spacial score (nSPS) is 11.1. The number of hydrogen-bond donors (Lipinski definition) is 0. The van der Waals surface area contributed by atoms with Gasteiger partial charge in [-0.3, -0.25) is 0 Å². The van der Waals surface area contributed by atoms with Crippen molar-refractivity contribution in [3.05, 3.63) is 50.2 Å². The van der Waals surface area contributed by atoms with Crippen molar-refractivity contribution in [3.8, 4) is 0 Å². The fraction of sp³-hybridized carbons (Fsp3) is 0.214. The lowest BCUT2D eigenvalue weighted by Crippen LogP contribution is -2.07. The molecule has 0 saturated heterocycles. The van der Waals surface area contributed by atoms with Gasteiger partial charge in [-0.05, 0) is 17.7 Å². The van der Waals surface area contributed by atoms with Crippen molar-refractivity contribution < 1.29 is 0 Å². The van der Waals surface area contributed by atoms with Gasteiger partial charge in [-0.2, -0.15) is 9.97 Å². The molecule has 2 aromatic rings. The van der Waals surface area contributed by atoms with Crippen LogP contribution >= 0.6 is 39.1 Å². The minimum atomic E-state index is 0.248. The molecule has 0 saturated carbocycles. The fourth-order valence-corrected chi connectivity index (χ4v) is 2.37. The third-order valence-electron chi connectivity index (χ3n) is 2.59. The Balaban J connectivity index is 2.26. The van der Waals surface area contributed by atoms with E-state index in [1.165, 1.54) is 0 Å². The van der Waals surface area contributed by atoms with E-state index in [1.807, 2.05) is 38.4 Å². The summed E-state index contributed by atoms with van der Waals surface area (Å²) < 4.78 is 1.02. The van der Waals surface area contributed by atoms with Gasteiger partial charge in [0, 0.05) is 30.6 Å². The van der Waals surface area contributed by atoms with Gasteiger partial charge in [0.2, 0.25) is 0 Å². The van der Waals surface area contributed by atoms with Gasteiger partial charge in [0.1, 0.15) is 10.3 Å². The van der Waals surface area contributed by atoms with E-state index < -0.39 is 0 Å². The number of nitrogens with zero attached hydrogens (tertiary/aromatic N) is 4. The van der Waals surface area contributed by atoms with Gasteiger partial charge in [-0.25, -0.2) is 4.99 Å². The second kappa shape index (κ2) is 7.20. The first kappa shape index (κ1) is 16.2. The van der Waals surface area contributed by atoms with Gasteiger partial charge in [0.15, 0.2) is 0 Å². The molecular weight excluding hydrogens is 375 g/mol. The summed E-state index contributed by atoms with van der Waals surface area (Å²) in [7, 11) is 3.71. The van der Waals surface area contributed by atoms with E-state index >= 15 is 0 Å². The summed E-state index contributed by atoms with van der Waals surface area (Å²) in [6.45, 7) is 0. The van der Waals surface area contributed by atoms with Crippen LogP contribution < -0.4 is 0 Å². The zero-order valence-electron chi connectivity index (χ0n) is 11.5. The third-order valence-corrected chi connectivity index (χ3v) is 3.75. The van der Waals surface area contributed by atoms with E-state index in [0.717, 1.165) is 10.0 Å². The van der Waals surface area contributed by atoms with E-state index in [-0.39, 0.29) is 5.95 Å². The fourth-order valence-electron chi connectivity index (χ4n) is 1.60. The minimum Gasteiger partial charge on any atom is -0.369 e. The number of hydrogen-bond acceptors (Lipinski definition) is 3. The van der Waals surface area contributed by atoms with Gasteiger partial charge in [0.25, 0.3) is 5.95 Å². The van der Waals surface area contributed by atoms with E-state index in [2.05, 4.69) is 30.9 Å². The highest BCUT2D eigenvalue weighted by Crippen LogP contribution is 2.26. The summed E-state index contributed by atoms with van der Waals surface area (Å²) in [5.41, 5.74) is 1.78. The molecule has 0 aliphatic rings. The highest BCUT2D eigenvalue weighted by atomic mass is 79.9. The Morgan fingerprint density at radius 2 is 1.71 bits per heavy atom. The van der Waals surface area contributed by atoms with Crippen LogP contribution in [0.15, 0.2) is 33.7 Å². The van der Waals surface area contributed by atoms with E-state index in [9.17, 15) is 0 Å². The van der Waals surface area contributed by atoms with E-state index in [4.69, 9.17) is 23.2 Å². The first-order valence-corrected chi connectivity index (χ1v) is 7.67. The zero-order valence-corrected chi connectivity index (χ0v) is 14.6.